The Balaban J connectivity index is 1.36. The monoisotopic (exact) mass is 395 g/mol. The molecule has 0 unspecified atom stereocenters. The summed E-state index contributed by atoms with van der Waals surface area (Å²) in [6, 6.07) is 15.0. The molecular weight excluding hydrogens is 373 g/mol. The quantitative estimate of drug-likeness (QED) is 0.664. The topological polar surface area (TPSA) is 36.4 Å². The number of halogens is 1. The summed E-state index contributed by atoms with van der Waals surface area (Å²) in [7, 11) is 0. The average Bonchev–Trinajstić information content (AvgIpc) is 3.20. The second-order valence-electron chi connectivity index (χ2n) is 7.06. The van der Waals surface area contributed by atoms with E-state index < -0.39 is 0 Å². The Morgan fingerprint density at radius 3 is 2.50 bits per heavy atom. The summed E-state index contributed by atoms with van der Waals surface area (Å²) in [5, 5.41) is 2.70. The van der Waals surface area contributed by atoms with E-state index in [4.69, 9.17) is 0 Å². The van der Waals surface area contributed by atoms with Crippen LogP contribution in [0.1, 0.15) is 21.6 Å². The van der Waals surface area contributed by atoms with Crippen LogP contribution in [-0.2, 0) is 6.54 Å². The maximum atomic E-state index is 13.8. The zero-order valence-electron chi connectivity index (χ0n) is 15.8. The Labute approximate surface area is 168 Å². The van der Waals surface area contributed by atoms with Gasteiger partial charge in [-0.1, -0.05) is 48.0 Å². The van der Waals surface area contributed by atoms with Gasteiger partial charge in [0, 0.05) is 49.2 Å². The molecule has 4 rings (SSSR count). The summed E-state index contributed by atoms with van der Waals surface area (Å²) in [5.41, 5.74) is 3.43. The molecule has 2 aromatic carbocycles. The average molecular weight is 396 g/mol. The van der Waals surface area contributed by atoms with E-state index in [2.05, 4.69) is 9.88 Å². The lowest BCUT2D eigenvalue weighted by atomic mass is 10.1. The molecule has 1 aromatic heterocycles. The van der Waals surface area contributed by atoms with Crippen molar-refractivity contribution >= 4 is 17.2 Å². The molecule has 0 spiro atoms. The molecule has 1 aliphatic rings. The van der Waals surface area contributed by atoms with Crippen molar-refractivity contribution in [3.63, 3.8) is 0 Å². The molecule has 3 aromatic rings. The third-order valence-electron chi connectivity index (χ3n) is 5.03. The number of amides is 1. The van der Waals surface area contributed by atoms with Gasteiger partial charge >= 0.3 is 0 Å². The largest absolute Gasteiger partial charge is 0.335 e. The zero-order chi connectivity index (χ0) is 19.5. The van der Waals surface area contributed by atoms with Gasteiger partial charge in [-0.2, -0.15) is 0 Å². The fraction of sp³-hybridized carbons (Fsp3) is 0.273. The number of aryl methyl sites for hydroxylation is 1. The number of nitrogens with zero attached hydrogens (tertiary/aromatic N) is 3. The number of rotatable bonds is 4. The van der Waals surface area contributed by atoms with Crippen molar-refractivity contribution in [3.8, 4) is 10.6 Å². The van der Waals surface area contributed by atoms with E-state index in [1.54, 1.807) is 6.07 Å². The number of thiazole rings is 1. The van der Waals surface area contributed by atoms with Gasteiger partial charge in [0.1, 0.15) is 16.5 Å². The minimum Gasteiger partial charge on any atom is -0.335 e. The maximum absolute atomic E-state index is 13.8. The minimum atomic E-state index is -0.174. The van der Waals surface area contributed by atoms with E-state index in [1.807, 2.05) is 53.6 Å². The van der Waals surface area contributed by atoms with Gasteiger partial charge in [-0.05, 0) is 13.0 Å². The number of hydrogen-bond donors (Lipinski definition) is 0. The Kier molecular flexibility index (Phi) is 5.50. The molecular formula is C22H22FN3OS. The lowest BCUT2D eigenvalue weighted by Crippen LogP contribution is -2.48. The van der Waals surface area contributed by atoms with Gasteiger partial charge in [-0.3, -0.25) is 9.69 Å². The summed E-state index contributed by atoms with van der Waals surface area (Å²) < 4.78 is 13.8. The number of aromatic nitrogens is 1. The van der Waals surface area contributed by atoms with Gasteiger partial charge in [0.2, 0.25) is 0 Å². The van der Waals surface area contributed by atoms with Crippen LogP contribution >= 0.6 is 11.3 Å². The number of hydrogen-bond acceptors (Lipinski definition) is 4. The van der Waals surface area contributed by atoms with E-state index in [9.17, 15) is 9.18 Å². The molecule has 1 amide bonds. The molecule has 144 valence electrons. The van der Waals surface area contributed by atoms with Gasteiger partial charge < -0.3 is 4.90 Å². The molecule has 1 fully saturated rings. The summed E-state index contributed by atoms with van der Waals surface area (Å²) in [6.07, 6.45) is 0. The molecule has 0 atom stereocenters. The lowest BCUT2D eigenvalue weighted by Gasteiger charge is -2.34. The molecule has 2 heterocycles. The van der Waals surface area contributed by atoms with E-state index >= 15 is 0 Å². The number of carbonyl (C=O) groups excluding carboxylic acids is 1. The Bertz CT molecular complexity index is 962. The van der Waals surface area contributed by atoms with E-state index in [-0.39, 0.29) is 11.7 Å². The van der Waals surface area contributed by atoms with Crippen LogP contribution < -0.4 is 0 Å². The summed E-state index contributed by atoms with van der Waals surface area (Å²) >= 11 is 1.49. The fourth-order valence-electron chi connectivity index (χ4n) is 3.34. The van der Waals surface area contributed by atoms with Gasteiger partial charge in [-0.15, -0.1) is 11.3 Å². The smallest absolute Gasteiger partial charge is 0.273 e. The molecule has 6 heteroatoms. The first-order valence-corrected chi connectivity index (χ1v) is 10.3. The predicted octanol–water partition coefficient (Wildman–Crippen LogP) is 4.22. The van der Waals surface area contributed by atoms with Crippen LogP contribution in [0.2, 0.25) is 0 Å². The first kappa shape index (κ1) is 18.8. The van der Waals surface area contributed by atoms with Crippen LogP contribution in [0.3, 0.4) is 0 Å². The van der Waals surface area contributed by atoms with Crippen LogP contribution in [0.4, 0.5) is 4.39 Å². The lowest BCUT2D eigenvalue weighted by molar-refractivity contribution is 0.0622. The standard InChI is InChI=1S/C22H22FN3OS/c1-16-6-8-17(9-7-16)21-24-20(15-28-21)22(27)26-12-10-25(11-13-26)14-18-4-2-3-5-19(18)23/h2-9,15H,10-14H2,1H3. The van der Waals surface area contributed by atoms with E-state index in [0.29, 0.717) is 30.9 Å². The summed E-state index contributed by atoms with van der Waals surface area (Å²) in [6.45, 7) is 5.34. The van der Waals surface area contributed by atoms with Crippen LogP contribution in [0.15, 0.2) is 53.9 Å². The number of carbonyl (C=O) groups is 1. The first-order chi connectivity index (χ1) is 13.6. The minimum absolute atomic E-state index is 0.0276. The van der Waals surface area contributed by atoms with Crippen molar-refractivity contribution in [2.45, 2.75) is 13.5 Å². The van der Waals surface area contributed by atoms with Crippen molar-refractivity contribution in [1.29, 1.82) is 0 Å². The summed E-state index contributed by atoms with van der Waals surface area (Å²) in [4.78, 5) is 21.4. The van der Waals surface area contributed by atoms with Crippen LogP contribution in [0.5, 0.6) is 0 Å². The maximum Gasteiger partial charge on any atom is 0.273 e. The van der Waals surface area contributed by atoms with E-state index in [0.717, 1.165) is 23.7 Å². The van der Waals surface area contributed by atoms with Crippen molar-refractivity contribution in [2.24, 2.45) is 0 Å². The Morgan fingerprint density at radius 2 is 1.79 bits per heavy atom. The molecule has 1 aliphatic heterocycles. The van der Waals surface area contributed by atoms with Crippen molar-refractivity contribution in [2.75, 3.05) is 26.2 Å². The van der Waals surface area contributed by atoms with Crippen molar-refractivity contribution in [1.82, 2.24) is 14.8 Å². The fourth-order valence-corrected chi connectivity index (χ4v) is 4.14. The Morgan fingerprint density at radius 1 is 1.07 bits per heavy atom. The van der Waals surface area contributed by atoms with Gasteiger partial charge in [0.05, 0.1) is 0 Å². The highest BCUT2D eigenvalue weighted by Gasteiger charge is 2.24. The van der Waals surface area contributed by atoms with E-state index in [1.165, 1.54) is 23.0 Å². The third kappa shape index (κ3) is 4.13. The number of benzene rings is 2. The molecule has 0 N–H and O–H groups in total. The van der Waals surface area contributed by atoms with Crippen LogP contribution in [0.25, 0.3) is 10.6 Å². The molecule has 0 radical (unpaired) electrons. The number of piperazine rings is 1. The highest BCUT2D eigenvalue weighted by molar-refractivity contribution is 7.13. The molecule has 1 saturated heterocycles. The second kappa shape index (κ2) is 8.20. The SMILES string of the molecule is Cc1ccc(-c2nc(C(=O)N3CCN(Cc4ccccc4F)CC3)cs2)cc1. The van der Waals surface area contributed by atoms with Gasteiger partial charge in [0.25, 0.3) is 5.91 Å². The molecule has 0 bridgehead atoms. The van der Waals surface area contributed by atoms with Crippen molar-refractivity contribution in [3.05, 3.63) is 76.5 Å². The summed E-state index contributed by atoms with van der Waals surface area (Å²) in [5.74, 6) is -0.202. The predicted molar refractivity (Wildman–Crippen MR) is 110 cm³/mol. The zero-order valence-corrected chi connectivity index (χ0v) is 16.6. The highest BCUT2D eigenvalue weighted by atomic mass is 32.1. The normalized spacial score (nSPS) is 15.0. The molecule has 0 saturated carbocycles. The second-order valence-corrected chi connectivity index (χ2v) is 7.92. The molecule has 0 aliphatic carbocycles. The van der Waals surface area contributed by atoms with Crippen LogP contribution in [0, 0.1) is 12.7 Å². The Hall–Kier alpha value is -2.57. The molecule has 4 nitrogen and oxygen atoms in total. The third-order valence-corrected chi connectivity index (χ3v) is 5.92. The van der Waals surface area contributed by atoms with Gasteiger partial charge in [0.15, 0.2) is 0 Å². The highest BCUT2D eigenvalue weighted by Crippen LogP contribution is 2.25. The first-order valence-electron chi connectivity index (χ1n) is 9.38. The molecule has 28 heavy (non-hydrogen) atoms. The van der Waals surface area contributed by atoms with Crippen LogP contribution in [-0.4, -0.2) is 46.9 Å². The van der Waals surface area contributed by atoms with Crippen molar-refractivity contribution < 1.29 is 9.18 Å². The van der Waals surface area contributed by atoms with Gasteiger partial charge in [-0.25, -0.2) is 9.37 Å².